The maximum absolute atomic E-state index is 12.9. The normalized spacial score (nSPS) is 10.7. The molecule has 4 nitrogen and oxygen atoms in total. The van der Waals surface area contributed by atoms with Gasteiger partial charge in [0.1, 0.15) is 0 Å². The molecular formula is C33H34N2O2. The number of carbonyl (C=O) groups excluding carboxylic acids is 2. The van der Waals surface area contributed by atoms with E-state index >= 15 is 0 Å². The van der Waals surface area contributed by atoms with Gasteiger partial charge in [-0.3, -0.25) is 9.59 Å². The summed E-state index contributed by atoms with van der Waals surface area (Å²) in [5, 5.41) is 3.03. The first-order valence-electron chi connectivity index (χ1n) is 12.6. The lowest BCUT2D eigenvalue weighted by Gasteiger charge is -2.18. The minimum Gasteiger partial charge on any atom is -0.348 e. The monoisotopic (exact) mass is 490 g/mol. The summed E-state index contributed by atoms with van der Waals surface area (Å²) in [5.74, 6) is -0.0880. The van der Waals surface area contributed by atoms with Crippen molar-refractivity contribution in [2.24, 2.45) is 0 Å². The van der Waals surface area contributed by atoms with Crippen LogP contribution in [0.4, 0.5) is 5.69 Å². The van der Waals surface area contributed by atoms with Gasteiger partial charge in [-0.05, 0) is 109 Å². The van der Waals surface area contributed by atoms with Crippen LogP contribution in [0.25, 0.3) is 0 Å². The average Bonchev–Trinajstić information content (AvgIpc) is 2.90. The molecule has 188 valence electrons. The fraction of sp³-hybridized carbons (Fsp3) is 0.212. The van der Waals surface area contributed by atoms with E-state index in [0.717, 1.165) is 34.4 Å². The predicted molar refractivity (Wildman–Crippen MR) is 151 cm³/mol. The lowest BCUT2D eigenvalue weighted by atomic mass is 10.0. The minimum absolute atomic E-state index is 0.0219. The lowest BCUT2D eigenvalue weighted by molar-refractivity contribution is 0.0949. The number of carbonyl (C=O) groups is 2. The number of hydrogen-bond donors (Lipinski definition) is 1. The van der Waals surface area contributed by atoms with Crippen molar-refractivity contribution < 1.29 is 9.59 Å². The Kier molecular flexibility index (Phi) is 7.88. The van der Waals surface area contributed by atoms with E-state index in [1.165, 1.54) is 16.7 Å². The molecule has 2 amide bonds. The summed E-state index contributed by atoms with van der Waals surface area (Å²) in [7, 11) is 1.81. The van der Waals surface area contributed by atoms with Crippen molar-refractivity contribution in [2.45, 2.75) is 40.7 Å². The second-order valence-corrected chi connectivity index (χ2v) is 9.81. The molecule has 0 radical (unpaired) electrons. The van der Waals surface area contributed by atoms with Crippen molar-refractivity contribution in [1.29, 1.82) is 0 Å². The Hall–Kier alpha value is -4.18. The molecule has 0 atom stereocenters. The van der Waals surface area contributed by atoms with E-state index in [1.54, 1.807) is 4.90 Å². The molecule has 0 spiro atoms. The van der Waals surface area contributed by atoms with Crippen LogP contribution in [0.2, 0.25) is 0 Å². The van der Waals surface area contributed by atoms with Crippen LogP contribution in [0.1, 0.15) is 59.7 Å². The van der Waals surface area contributed by atoms with Gasteiger partial charge in [0.05, 0.1) is 0 Å². The highest BCUT2D eigenvalue weighted by atomic mass is 16.2. The molecule has 4 aromatic carbocycles. The van der Waals surface area contributed by atoms with Crippen molar-refractivity contribution in [3.8, 4) is 0 Å². The van der Waals surface area contributed by atoms with E-state index in [4.69, 9.17) is 0 Å². The number of anilines is 1. The predicted octanol–water partition coefficient (Wildman–Crippen LogP) is 6.72. The van der Waals surface area contributed by atoms with Crippen LogP contribution in [0.15, 0.2) is 84.9 Å². The van der Waals surface area contributed by atoms with Gasteiger partial charge < -0.3 is 10.2 Å². The highest BCUT2D eigenvalue weighted by Crippen LogP contribution is 2.20. The summed E-state index contributed by atoms with van der Waals surface area (Å²) in [5.41, 5.74) is 10.2. The highest BCUT2D eigenvalue weighted by Gasteiger charge is 2.14. The van der Waals surface area contributed by atoms with Crippen molar-refractivity contribution in [3.63, 3.8) is 0 Å². The van der Waals surface area contributed by atoms with Gasteiger partial charge in [-0.1, -0.05) is 48.5 Å². The Bertz CT molecular complexity index is 1440. The zero-order valence-electron chi connectivity index (χ0n) is 22.3. The third kappa shape index (κ3) is 6.34. The second-order valence-electron chi connectivity index (χ2n) is 9.81. The zero-order valence-corrected chi connectivity index (χ0v) is 22.3. The van der Waals surface area contributed by atoms with Crippen molar-refractivity contribution in [1.82, 2.24) is 5.32 Å². The number of amides is 2. The summed E-state index contributed by atoms with van der Waals surface area (Å²) >= 11 is 0. The van der Waals surface area contributed by atoms with Gasteiger partial charge in [-0.15, -0.1) is 0 Å². The number of rotatable bonds is 7. The Morgan fingerprint density at radius 1 is 0.649 bits per heavy atom. The van der Waals surface area contributed by atoms with E-state index in [-0.39, 0.29) is 11.8 Å². The summed E-state index contributed by atoms with van der Waals surface area (Å²) in [6, 6.07) is 28.0. The number of hydrogen-bond acceptors (Lipinski definition) is 2. The van der Waals surface area contributed by atoms with Gasteiger partial charge in [0.25, 0.3) is 11.8 Å². The summed E-state index contributed by atoms with van der Waals surface area (Å²) < 4.78 is 0. The molecule has 1 N–H and O–H groups in total. The smallest absolute Gasteiger partial charge is 0.258 e. The molecule has 0 unspecified atom stereocenters. The quantitative estimate of drug-likeness (QED) is 0.313. The Balaban J connectivity index is 1.37. The fourth-order valence-corrected chi connectivity index (χ4v) is 4.28. The van der Waals surface area contributed by atoms with Gasteiger partial charge in [-0.2, -0.15) is 0 Å². The van der Waals surface area contributed by atoms with Crippen molar-refractivity contribution in [2.75, 3.05) is 11.9 Å². The standard InChI is InChI=1S/C33H34N2O2/c1-22-9-13-29(17-24(22)3)32(36)34-21-28-8-6-7-27(20-28)19-26-11-15-31(16-12-26)35(5)33(37)30-14-10-23(2)25(4)18-30/h6-18,20H,19,21H2,1-5H3,(H,34,36). The van der Waals surface area contributed by atoms with E-state index in [0.29, 0.717) is 17.7 Å². The molecule has 4 rings (SSSR count). The molecule has 0 saturated carbocycles. The molecule has 0 aliphatic carbocycles. The highest BCUT2D eigenvalue weighted by molar-refractivity contribution is 6.05. The maximum atomic E-state index is 12.9. The Morgan fingerprint density at radius 3 is 1.89 bits per heavy atom. The van der Waals surface area contributed by atoms with Crippen molar-refractivity contribution >= 4 is 17.5 Å². The Labute approximate surface area is 220 Å². The minimum atomic E-state index is -0.0662. The number of benzene rings is 4. The molecule has 0 aromatic heterocycles. The molecule has 4 aromatic rings. The summed E-state index contributed by atoms with van der Waals surface area (Å²) in [6.45, 7) is 8.60. The SMILES string of the molecule is Cc1ccc(C(=O)NCc2cccc(Cc3ccc(N(C)C(=O)c4ccc(C)c(C)c4)cc3)c2)cc1C. The van der Waals surface area contributed by atoms with Crippen LogP contribution in [0.3, 0.4) is 0 Å². The van der Waals surface area contributed by atoms with Gasteiger partial charge in [-0.25, -0.2) is 0 Å². The topological polar surface area (TPSA) is 49.4 Å². The van der Waals surface area contributed by atoms with E-state index in [1.807, 2.05) is 95.4 Å². The zero-order chi connectivity index (χ0) is 26.5. The molecule has 0 bridgehead atoms. The average molecular weight is 491 g/mol. The molecule has 4 heteroatoms. The maximum Gasteiger partial charge on any atom is 0.258 e. The summed E-state index contributed by atoms with van der Waals surface area (Å²) in [4.78, 5) is 27.2. The molecule has 0 aliphatic rings. The van der Waals surface area contributed by atoms with Gasteiger partial charge >= 0.3 is 0 Å². The molecule has 0 aliphatic heterocycles. The van der Waals surface area contributed by atoms with Crippen LogP contribution in [-0.4, -0.2) is 18.9 Å². The molecule has 0 heterocycles. The van der Waals surface area contributed by atoms with E-state index in [2.05, 4.69) is 29.6 Å². The lowest BCUT2D eigenvalue weighted by Crippen LogP contribution is -2.26. The van der Waals surface area contributed by atoms with Gasteiger partial charge in [0.15, 0.2) is 0 Å². The fourth-order valence-electron chi connectivity index (χ4n) is 4.28. The second kappa shape index (κ2) is 11.3. The van der Waals surface area contributed by atoms with Crippen LogP contribution in [0.5, 0.6) is 0 Å². The number of nitrogens with zero attached hydrogens (tertiary/aromatic N) is 1. The molecule has 0 saturated heterocycles. The van der Waals surface area contributed by atoms with Crippen LogP contribution < -0.4 is 10.2 Å². The largest absolute Gasteiger partial charge is 0.348 e. The molecular weight excluding hydrogens is 456 g/mol. The van der Waals surface area contributed by atoms with Crippen molar-refractivity contribution in [3.05, 3.63) is 135 Å². The Morgan fingerprint density at radius 2 is 1.24 bits per heavy atom. The van der Waals surface area contributed by atoms with Gasteiger partial charge in [0.2, 0.25) is 0 Å². The van der Waals surface area contributed by atoms with Crippen LogP contribution in [0, 0.1) is 27.7 Å². The van der Waals surface area contributed by atoms with E-state index < -0.39 is 0 Å². The third-order valence-corrected chi connectivity index (χ3v) is 7.00. The summed E-state index contributed by atoms with van der Waals surface area (Å²) in [6.07, 6.45) is 0.772. The first-order chi connectivity index (χ1) is 17.7. The third-order valence-electron chi connectivity index (χ3n) is 7.00. The van der Waals surface area contributed by atoms with Crippen LogP contribution >= 0.6 is 0 Å². The molecule has 37 heavy (non-hydrogen) atoms. The van der Waals surface area contributed by atoms with Crippen LogP contribution in [-0.2, 0) is 13.0 Å². The van der Waals surface area contributed by atoms with Gasteiger partial charge in [0, 0.05) is 30.4 Å². The number of nitrogens with one attached hydrogen (secondary N) is 1. The number of aryl methyl sites for hydroxylation is 4. The first kappa shape index (κ1) is 25.9. The molecule has 0 fully saturated rings. The first-order valence-corrected chi connectivity index (χ1v) is 12.6. The van der Waals surface area contributed by atoms with E-state index in [9.17, 15) is 9.59 Å².